The largest absolute Gasteiger partial charge is 0.494 e. The minimum atomic E-state index is -0.253. The average Bonchev–Trinajstić information content (AvgIpc) is 3.34. The summed E-state index contributed by atoms with van der Waals surface area (Å²) in [5.41, 5.74) is 3.45. The summed E-state index contributed by atoms with van der Waals surface area (Å²) in [4.78, 5) is 26.6. The van der Waals surface area contributed by atoms with Crippen LogP contribution in [0.4, 0.5) is 11.4 Å². The van der Waals surface area contributed by atoms with Gasteiger partial charge in [-0.3, -0.25) is 9.59 Å². The molecule has 2 aromatic carbocycles. The zero-order chi connectivity index (χ0) is 20.4. The molecule has 1 fully saturated rings. The van der Waals surface area contributed by atoms with E-state index < -0.39 is 0 Å². The van der Waals surface area contributed by atoms with Gasteiger partial charge >= 0.3 is 0 Å². The quantitative estimate of drug-likeness (QED) is 0.723. The highest BCUT2D eigenvalue weighted by Gasteiger charge is 2.25. The van der Waals surface area contributed by atoms with E-state index in [-0.39, 0.29) is 11.8 Å². The number of rotatable bonds is 5. The molecule has 4 rings (SSSR count). The van der Waals surface area contributed by atoms with Crippen LogP contribution in [0, 0.1) is 6.92 Å². The molecular weight excluding hydrogens is 368 g/mol. The highest BCUT2D eigenvalue weighted by Crippen LogP contribution is 2.34. The first-order chi connectivity index (χ1) is 14.1. The molecule has 1 saturated heterocycles. The number of carbonyl (C=O) groups excluding carboxylic acids is 2. The van der Waals surface area contributed by atoms with Gasteiger partial charge in [0.25, 0.3) is 5.91 Å². The van der Waals surface area contributed by atoms with E-state index in [1.165, 1.54) is 0 Å². The Morgan fingerprint density at radius 2 is 1.97 bits per heavy atom. The Balaban J connectivity index is 1.56. The maximum absolute atomic E-state index is 12.8. The lowest BCUT2D eigenvalue weighted by Gasteiger charge is -2.19. The van der Waals surface area contributed by atoms with Crippen LogP contribution in [0.5, 0.6) is 5.75 Å². The van der Waals surface area contributed by atoms with Gasteiger partial charge in [0.15, 0.2) is 0 Å². The Morgan fingerprint density at radius 3 is 2.66 bits per heavy atom. The molecule has 1 aliphatic rings. The Kier molecular flexibility index (Phi) is 5.03. The van der Waals surface area contributed by atoms with Crippen molar-refractivity contribution in [1.29, 1.82) is 0 Å². The van der Waals surface area contributed by atoms with Gasteiger partial charge in [-0.05, 0) is 37.6 Å². The van der Waals surface area contributed by atoms with E-state index in [1.54, 1.807) is 41.1 Å². The summed E-state index contributed by atoms with van der Waals surface area (Å²) >= 11 is 0. The zero-order valence-corrected chi connectivity index (χ0v) is 16.4. The van der Waals surface area contributed by atoms with Gasteiger partial charge in [-0.15, -0.1) is 0 Å². The molecular formula is C22H22N4O3. The molecule has 0 saturated carbocycles. The third kappa shape index (κ3) is 3.59. The van der Waals surface area contributed by atoms with Gasteiger partial charge in [-0.25, -0.2) is 4.68 Å². The summed E-state index contributed by atoms with van der Waals surface area (Å²) in [7, 11) is 1.55. The van der Waals surface area contributed by atoms with Crippen LogP contribution in [-0.2, 0) is 4.79 Å². The number of carbonyl (C=O) groups is 2. The minimum Gasteiger partial charge on any atom is -0.494 e. The van der Waals surface area contributed by atoms with Gasteiger partial charge < -0.3 is 15.0 Å². The normalized spacial score (nSPS) is 13.6. The lowest BCUT2D eigenvalue weighted by molar-refractivity contribution is -0.117. The summed E-state index contributed by atoms with van der Waals surface area (Å²) in [6.45, 7) is 2.54. The van der Waals surface area contributed by atoms with Crippen molar-refractivity contribution in [3.8, 4) is 11.4 Å². The Morgan fingerprint density at radius 1 is 1.17 bits per heavy atom. The molecule has 0 aliphatic carbocycles. The fourth-order valence-electron chi connectivity index (χ4n) is 3.54. The predicted octanol–water partition coefficient (Wildman–Crippen LogP) is 3.57. The number of ether oxygens (including phenoxy) is 1. The van der Waals surface area contributed by atoms with E-state index >= 15 is 0 Å². The third-order valence-electron chi connectivity index (χ3n) is 5.06. The maximum atomic E-state index is 12.8. The van der Waals surface area contributed by atoms with Gasteiger partial charge in [-0.1, -0.05) is 18.2 Å². The fourth-order valence-corrected chi connectivity index (χ4v) is 3.54. The smallest absolute Gasteiger partial charge is 0.259 e. The number of hydrogen-bond donors (Lipinski definition) is 1. The van der Waals surface area contributed by atoms with Crippen LogP contribution in [0.1, 0.15) is 28.9 Å². The number of benzene rings is 2. The van der Waals surface area contributed by atoms with E-state index in [2.05, 4.69) is 10.4 Å². The molecule has 29 heavy (non-hydrogen) atoms. The highest BCUT2D eigenvalue weighted by molar-refractivity contribution is 6.05. The number of anilines is 2. The van der Waals surface area contributed by atoms with Gasteiger partial charge in [0, 0.05) is 24.7 Å². The maximum Gasteiger partial charge on any atom is 0.259 e. The molecule has 3 aromatic rings. The highest BCUT2D eigenvalue weighted by atomic mass is 16.5. The van der Waals surface area contributed by atoms with E-state index in [4.69, 9.17) is 4.74 Å². The molecule has 0 bridgehead atoms. The lowest BCUT2D eigenvalue weighted by Crippen LogP contribution is -2.24. The standard InChI is InChI=1S/C22H22N4O3/c1-15-18(14-23-26(15)17-7-4-3-5-8-17)22(28)24-16-10-11-19(20(13-16)29-2)25-12-6-9-21(25)27/h3-5,7-8,10-11,13-14H,6,9,12H2,1-2H3,(H,24,28). The first-order valence-corrected chi connectivity index (χ1v) is 9.48. The molecule has 2 amide bonds. The van der Waals surface area contributed by atoms with Crippen LogP contribution in [0.2, 0.25) is 0 Å². The number of para-hydroxylation sites is 1. The molecule has 2 heterocycles. The second-order valence-electron chi connectivity index (χ2n) is 6.88. The SMILES string of the molecule is COc1cc(NC(=O)c2cnn(-c3ccccc3)c2C)ccc1N1CCCC1=O. The Hall–Kier alpha value is -3.61. The Labute approximate surface area is 168 Å². The fraction of sp³-hybridized carbons (Fsp3) is 0.227. The number of amides is 2. The summed E-state index contributed by atoms with van der Waals surface area (Å²) < 4.78 is 7.19. The van der Waals surface area contributed by atoms with Gasteiger partial charge in [-0.2, -0.15) is 5.10 Å². The van der Waals surface area contributed by atoms with Crippen molar-refractivity contribution in [1.82, 2.24) is 9.78 Å². The molecule has 7 heteroatoms. The molecule has 7 nitrogen and oxygen atoms in total. The average molecular weight is 390 g/mol. The molecule has 0 radical (unpaired) electrons. The predicted molar refractivity (Wildman–Crippen MR) is 111 cm³/mol. The zero-order valence-electron chi connectivity index (χ0n) is 16.4. The second kappa shape index (κ2) is 7.79. The number of aromatic nitrogens is 2. The van der Waals surface area contributed by atoms with Gasteiger partial charge in [0.05, 0.1) is 35.9 Å². The topological polar surface area (TPSA) is 76.5 Å². The van der Waals surface area contributed by atoms with E-state index in [9.17, 15) is 9.59 Å². The summed E-state index contributed by atoms with van der Waals surface area (Å²) in [6.07, 6.45) is 2.95. The van der Waals surface area contributed by atoms with E-state index in [0.29, 0.717) is 30.0 Å². The van der Waals surface area contributed by atoms with Crippen LogP contribution in [-0.4, -0.2) is 35.2 Å². The molecule has 0 unspecified atom stereocenters. The van der Waals surface area contributed by atoms with Crippen molar-refractivity contribution in [2.75, 3.05) is 23.9 Å². The lowest BCUT2D eigenvalue weighted by atomic mass is 10.2. The third-order valence-corrected chi connectivity index (χ3v) is 5.06. The van der Waals surface area contributed by atoms with Crippen molar-refractivity contribution < 1.29 is 14.3 Å². The van der Waals surface area contributed by atoms with Crippen LogP contribution >= 0.6 is 0 Å². The number of nitrogens with zero attached hydrogens (tertiary/aromatic N) is 3. The first kappa shape index (κ1) is 18.7. The number of methoxy groups -OCH3 is 1. The molecule has 1 aromatic heterocycles. The van der Waals surface area contributed by atoms with Gasteiger partial charge in [0.1, 0.15) is 5.75 Å². The van der Waals surface area contributed by atoms with Crippen molar-refractivity contribution in [2.24, 2.45) is 0 Å². The Bertz CT molecular complexity index is 1060. The minimum absolute atomic E-state index is 0.0871. The van der Waals surface area contributed by atoms with Crippen molar-refractivity contribution in [2.45, 2.75) is 19.8 Å². The van der Waals surface area contributed by atoms with Crippen LogP contribution in [0.25, 0.3) is 5.69 Å². The summed E-state index contributed by atoms with van der Waals surface area (Å²) in [5, 5.41) is 7.24. The molecule has 0 atom stereocenters. The van der Waals surface area contributed by atoms with E-state index in [0.717, 1.165) is 23.5 Å². The van der Waals surface area contributed by atoms with Crippen LogP contribution in [0.3, 0.4) is 0 Å². The summed E-state index contributed by atoms with van der Waals surface area (Å²) in [6, 6.07) is 15.0. The van der Waals surface area contributed by atoms with E-state index in [1.807, 2.05) is 37.3 Å². The molecule has 1 N–H and O–H groups in total. The monoisotopic (exact) mass is 390 g/mol. The van der Waals surface area contributed by atoms with Crippen molar-refractivity contribution in [3.63, 3.8) is 0 Å². The van der Waals surface area contributed by atoms with Crippen LogP contribution in [0.15, 0.2) is 54.7 Å². The molecule has 0 spiro atoms. The second-order valence-corrected chi connectivity index (χ2v) is 6.88. The molecule has 1 aliphatic heterocycles. The molecule has 148 valence electrons. The van der Waals surface area contributed by atoms with Gasteiger partial charge in [0.2, 0.25) is 5.91 Å². The van der Waals surface area contributed by atoms with Crippen LogP contribution < -0.4 is 15.0 Å². The number of hydrogen-bond acceptors (Lipinski definition) is 4. The first-order valence-electron chi connectivity index (χ1n) is 9.48. The van der Waals surface area contributed by atoms with Crippen molar-refractivity contribution >= 4 is 23.2 Å². The number of nitrogens with one attached hydrogen (secondary N) is 1. The summed E-state index contributed by atoms with van der Waals surface area (Å²) in [5.74, 6) is 0.385. The van der Waals surface area contributed by atoms with Crippen molar-refractivity contribution in [3.05, 3.63) is 66.0 Å².